The highest BCUT2D eigenvalue weighted by molar-refractivity contribution is 5.95. The van der Waals surface area contributed by atoms with Crippen molar-refractivity contribution in [2.24, 2.45) is 0 Å². The minimum Gasteiger partial charge on any atom is -0.309 e. The van der Waals surface area contributed by atoms with Crippen LogP contribution in [0.5, 0.6) is 0 Å². The van der Waals surface area contributed by atoms with Crippen LogP contribution in [-0.2, 0) is 0 Å². The lowest BCUT2D eigenvalue weighted by molar-refractivity contribution is 1.02. The minimum absolute atomic E-state index is 0.998. The van der Waals surface area contributed by atoms with Crippen molar-refractivity contribution in [1.82, 2.24) is 4.57 Å². The van der Waals surface area contributed by atoms with Crippen LogP contribution < -0.4 is 0 Å². The number of benzene rings is 2. The van der Waals surface area contributed by atoms with E-state index < -0.39 is 0 Å². The molecule has 1 aromatic heterocycles. The zero-order valence-electron chi connectivity index (χ0n) is 15.8. The fraction of sp³-hybridized carbons (Fsp3) is 0.154. The van der Waals surface area contributed by atoms with Gasteiger partial charge < -0.3 is 4.57 Å². The standard InChI is InChI=1S/C19H15N.C7H10/c1-3-9-15(10-4-1)20-18-13-6-2-5-11-16(18)17-12-7-8-14-19(17)20;1-7-5-3-2-4-6-7/h1,3-14H,2H2;3,5-6H,2,4H2,1H3. The summed E-state index contributed by atoms with van der Waals surface area (Å²) in [6, 6.07) is 19.2. The zero-order chi connectivity index (χ0) is 18.5. The Morgan fingerprint density at radius 3 is 2.26 bits per heavy atom. The van der Waals surface area contributed by atoms with E-state index in [0.29, 0.717) is 0 Å². The third kappa shape index (κ3) is 3.73. The van der Waals surface area contributed by atoms with Crippen LogP contribution >= 0.6 is 0 Å². The van der Waals surface area contributed by atoms with Gasteiger partial charge in [-0.2, -0.15) is 0 Å². The van der Waals surface area contributed by atoms with Gasteiger partial charge >= 0.3 is 0 Å². The molecule has 0 fully saturated rings. The maximum atomic E-state index is 2.34. The maximum Gasteiger partial charge on any atom is 0.0541 e. The first-order chi connectivity index (χ1) is 13.3. The predicted molar refractivity (Wildman–Crippen MR) is 118 cm³/mol. The molecule has 2 aliphatic carbocycles. The molecule has 1 heteroatoms. The van der Waals surface area contributed by atoms with Crippen molar-refractivity contribution < 1.29 is 0 Å². The van der Waals surface area contributed by atoms with Crippen LogP contribution in [0.15, 0.2) is 90.6 Å². The van der Waals surface area contributed by atoms with E-state index in [0.717, 1.165) is 6.42 Å². The van der Waals surface area contributed by atoms with Gasteiger partial charge in [-0.15, -0.1) is 0 Å². The fourth-order valence-electron chi connectivity index (χ4n) is 3.67. The Kier molecular flexibility index (Phi) is 5.20. The van der Waals surface area contributed by atoms with Gasteiger partial charge in [0.25, 0.3) is 0 Å². The van der Waals surface area contributed by atoms with E-state index >= 15 is 0 Å². The van der Waals surface area contributed by atoms with Crippen LogP contribution in [0.1, 0.15) is 37.4 Å². The Morgan fingerprint density at radius 1 is 0.741 bits per heavy atom. The van der Waals surface area contributed by atoms with Crippen LogP contribution in [0.4, 0.5) is 0 Å². The van der Waals surface area contributed by atoms with Crippen LogP contribution in [0.25, 0.3) is 28.7 Å². The van der Waals surface area contributed by atoms with E-state index in [-0.39, 0.29) is 0 Å². The largest absolute Gasteiger partial charge is 0.309 e. The van der Waals surface area contributed by atoms with Crippen molar-refractivity contribution in [3.63, 3.8) is 0 Å². The SMILES string of the molecule is C1=Cc2c(n(-c3ccccc3)c3ccccc23)C=CC1.CC1=CCCC=C1. The van der Waals surface area contributed by atoms with Gasteiger partial charge in [0.15, 0.2) is 0 Å². The normalized spacial score (nSPS) is 14.9. The molecule has 2 aromatic carbocycles. The van der Waals surface area contributed by atoms with Gasteiger partial charge in [0.1, 0.15) is 0 Å². The van der Waals surface area contributed by atoms with Crippen molar-refractivity contribution >= 4 is 23.1 Å². The first-order valence-corrected chi connectivity index (χ1v) is 9.70. The lowest BCUT2D eigenvalue weighted by atomic mass is 10.1. The van der Waals surface area contributed by atoms with Crippen molar-refractivity contribution in [2.75, 3.05) is 0 Å². The van der Waals surface area contributed by atoms with Crippen molar-refractivity contribution in [2.45, 2.75) is 26.2 Å². The maximum absolute atomic E-state index is 2.34. The lowest BCUT2D eigenvalue weighted by Gasteiger charge is -2.08. The van der Waals surface area contributed by atoms with Gasteiger partial charge in [-0.1, -0.05) is 78.4 Å². The molecule has 0 bridgehead atoms. The molecule has 0 saturated carbocycles. The summed E-state index contributed by atoms with van der Waals surface area (Å²) in [5.74, 6) is 0. The molecule has 0 radical (unpaired) electrons. The Morgan fingerprint density at radius 2 is 1.52 bits per heavy atom. The second-order valence-corrected chi connectivity index (χ2v) is 6.96. The van der Waals surface area contributed by atoms with E-state index in [2.05, 4.69) is 109 Å². The molecule has 1 nitrogen and oxygen atoms in total. The summed E-state index contributed by atoms with van der Waals surface area (Å²) in [5, 5.41) is 1.31. The van der Waals surface area contributed by atoms with E-state index in [1.54, 1.807) is 0 Å². The highest BCUT2D eigenvalue weighted by Crippen LogP contribution is 2.32. The van der Waals surface area contributed by atoms with Gasteiger partial charge in [-0.3, -0.25) is 0 Å². The first kappa shape index (κ1) is 17.4. The molecular formula is C26H25N. The van der Waals surface area contributed by atoms with E-state index in [9.17, 15) is 0 Å². The van der Waals surface area contributed by atoms with Gasteiger partial charge in [0.05, 0.1) is 11.2 Å². The summed E-state index contributed by atoms with van der Waals surface area (Å²) < 4.78 is 2.34. The highest BCUT2D eigenvalue weighted by atomic mass is 15.0. The number of allylic oxidation sites excluding steroid dienone is 6. The topological polar surface area (TPSA) is 4.93 Å². The number of aromatic nitrogens is 1. The molecule has 0 unspecified atom stereocenters. The molecule has 2 aliphatic rings. The number of rotatable bonds is 1. The zero-order valence-corrected chi connectivity index (χ0v) is 15.8. The molecule has 0 spiro atoms. The number of nitrogens with zero attached hydrogens (tertiary/aromatic N) is 1. The summed E-state index contributed by atoms with van der Waals surface area (Å²) in [6.45, 7) is 2.13. The van der Waals surface area contributed by atoms with Gasteiger partial charge in [-0.05, 0) is 50.5 Å². The summed E-state index contributed by atoms with van der Waals surface area (Å²) >= 11 is 0. The van der Waals surface area contributed by atoms with Gasteiger partial charge in [0, 0.05) is 16.6 Å². The third-order valence-corrected chi connectivity index (χ3v) is 4.98. The van der Waals surface area contributed by atoms with Gasteiger partial charge in [-0.25, -0.2) is 0 Å². The molecule has 0 aliphatic heterocycles. The smallest absolute Gasteiger partial charge is 0.0541 e. The molecule has 0 atom stereocenters. The minimum atomic E-state index is 0.998. The highest BCUT2D eigenvalue weighted by Gasteiger charge is 2.14. The van der Waals surface area contributed by atoms with Crippen LogP contribution in [-0.4, -0.2) is 4.57 Å². The Hall–Kier alpha value is -3.06. The number of para-hydroxylation sites is 2. The van der Waals surface area contributed by atoms with Gasteiger partial charge in [0.2, 0.25) is 0 Å². The third-order valence-electron chi connectivity index (χ3n) is 4.98. The predicted octanol–water partition coefficient (Wildman–Crippen LogP) is 7.34. The van der Waals surface area contributed by atoms with Crippen LogP contribution in [0.2, 0.25) is 0 Å². The van der Waals surface area contributed by atoms with Crippen molar-refractivity contribution in [1.29, 1.82) is 0 Å². The fourth-order valence-corrected chi connectivity index (χ4v) is 3.67. The summed E-state index contributed by atoms with van der Waals surface area (Å²) in [4.78, 5) is 0. The summed E-state index contributed by atoms with van der Waals surface area (Å²) in [5.41, 5.74) is 6.47. The number of hydrogen-bond donors (Lipinski definition) is 0. The molecule has 1 heterocycles. The lowest BCUT2D eigenvalue weighted by Crippen LogP contribution is -1.96. The Balaban J connectivity index is 0.000000218. The first-order valence-electron chi connectivity index (χ1n) is 9.70. The molecule has 134 valence electrons. The molecular weight excluding hydrogens is 326 g/mol. The average Bonchev–Trinajstić information content (AvgIpc) is 2.86. The van der Waals surface area contributed by atoms with E-state index in [1.165, 1.54) is 46.3 Å². The van der Waals surface area contributed by atoms with E-state index in [4.69, 9.17) is 0 Å². The average molecular weight is 351 g/mol. The molecule has 3 aromatic rings. The second-order valence-electron chi connectivity index (χ2n) is 6.96. The monoisotopic (exact) mass is 351 g/mol. The summed E-state index contributed by atoms with van der Waals surface area (Å²) in [7, 11) is 0. The Labute approximate surface area is 161 Å². The quantitative estimate of drug-likeness (QED) is 0.432. The second kappa shape index (κ2) is 8.09. The van der Waals surface area contributed by atoms with Crippen LogP contribution in [0.3, 0.4) is 0 Å². The number of hydrogen-bond acceptors (Lipinski definition) is 0. The molecule has 5 rings (SSSR count). The number of fused-ring (bicyclic) bond motifs is 3. The van der Waals surface area contributed by atoms with Crippen molar-refractivity contribution in [3.8, 4) is 5.69 Å². The molecule has 0 N–H and O–H groups in total. The van der Waals surface area contributed by atoms with Crippen LogP contribution in [0, 0.1) is 0 Å². The van der Waals surface area contributed by atoms with Crippen molar-refractivity contribution in [3.05, 3.63) is 102 Å². The summed E-state index contributed by atoms with van der Waals surface area (Å²) in [6.07, 6.45) is 19.1. The molecule has 27 heavy (non-hydrogen) atoms. The molecule has 0 amide bonds. The molecule has 0 saturated heterocycles. The Bertz CT molecular complexity index is 1040. The van der Waals surface area contributed by atoms with E-state index in [1.807, 2.05) is 0 Å².